The first kappa shape index (κ1) is 21.8. The molecule has 0 bridgehead atoms. The molecule has 29 heavy (non-hydrogen) atoms. The van der Waals surface area contributed by atoms with Gasteiger partial charge in [0.05, 0.1) is 11.0 Å². The number of rotatable bonds is 8. The number of benzene rings is 2. The molecule has 0 aliphatic rings. The first-order valence-electron chi connectivity index (χ1n) is 9.70. The highest BCUT2D eigenvalue weighted by molar-refractivity contribution is 9.11. The number of halogens is 2. The van der Waals surface area contributed by atoms with Crippen LogP contribution in [0, 0.1) is 5.92 Å². The van der Waals surface area contributed by atoms with E-state index in [4.69, 9.17) is 10.1 Å². The first-order valence-corrected chi connectivity index (χ1v) is 11.3. The zero-order valence-electron chi connectivity index (χ0n) is 16.8. The maximum atomic E-state index is 10.8. The van der Waals surface area contributed by atoms with Gasteiger partial charge in [0.1, 0.15) is 12.4 Å². The van der Waals surface area contributed by atoms with Crippen molar-refractivity contribution in [3.63, 3.8) is 0 Å². The van der Waals surface area contributed by atoms with Gasteiger partial charge in [0.15, 0.2) is 0 Å². The average molecular weight is 523 g/mol. The van der Waals surface area contributed by atoms with E-state index in [2.05, 4.69) is 80.7 Å². The van der Waals surface area contributed by atoms with Crippen molar-refractivity contribution in [2.75, 3.05) is 11.9 Å². The Morgan fingerprint density at radius 3 is 2.48 bits per heavy atom. The van der Waals surface area contributed by atoms with Crippen LogP contribution in [0.1, 0.15) is 37.7 Å². The van der Waals surface area contributed by atoms with Crippen LogP contribution in [0.15, 0.2) is 39.3 Å². The molecule has 0 aliphatic carbocycles. The lowest BCUT2D eigenvalue weighted by Crippen LogP contribution is -2.12. The highest BCUT2D eigenvalue weighted by atomic mass is 79.9. The molecule has 7 heteroatoms. The van der Waals surface area contributed by atoms with Gasteiger partial charge < -0.3 is 15.0 Å². The smallest absolute Gasteiger partial charge is 0.322 e. The SMILES string of the molecule is CCn1c(CC(C)C)nc2ccc(Cc3c(Br)cc(NCC(=O)O)cc3Br)cc21. The topological polar surface area (TPSA) is 67.2 Å². The minimum atomic E-state index is -0.890. The van der Waals surface area contributed by atoms with Gasteiger partial charge in [0.25, 0.3) is 0 Å². The van der Waals surface area contributed by atoms with E-state index >= 15 is 0 Å². The van der Waals surface area contributed by atoms with Crippen molar-refractivity contribution in [1.82, 2.24) is 9.55 Å². The fourth-order valence-electron chi connectivity index (χ4n) is 3.46. The largest absolute Gasteiger partial charge is 0.480 e. The van der Waals surface area contributed by atoms with Gasteiger partial charge in [-0.25, -0.2) is 4.98 Å². The summed E-state index contributed by atoms with van der Waals surface area (Å²) in [6, 6.07) is 10.3. The molecule has 3 rings (SSSR count). The van der Waals surface area contributed by atoms with Crippen molar-refractivity contribution >= 4 is 54.5 Å². The second-order valence-electron chi connectivity index (χ2n) is 7.54. The number of imidazole rings is 1. The van der Waals surface area contributed by atoms with Crippen molar-refractivity contribution in [2.24, 2.45) is 5.92 Å². The minimum absolute atomic E-state index is 0.116. The summed E-state index contributed by atoms with van der Waals surface area (Å²) >= 11 is 7.27. The molecule has 0 unspecified atom stereocenters. The Balaban J connectivity index is 1.91. The van der Waals surface area contributed by atoms with Crippen LogP contribution >= 0.6 is 31.9 Å². The zero-order chi connectivity index (χ0) is 21.1. The molecule has 5 nitrogen and oxygen atoms in total. The highest BCUT2D eigenvalue weighted by Crippen LogP contribution is 2.32. The Bertz CT molecular complexity index is 1020. The number of nitrogens with one attached hydrogen (secondary N) is 1. The van der Waals surface area contributed by atoms with Gasteiger partial charge in [-0.2, -0.15) is 0 Å². The summed E-state index contributed by atoms with van der Waals surface area (Å²) in [5, 5.41) is 11.8. The van der Waals surface area contributed by atoms with Crippen molar-refractivity contribution in [3.8, 4) is 0 Å². The third kappa shape index (κ3) is 5.20. The predicted octanol–water partition coefficient (Wildman–Crippen LogP) is 5.87. The molecule has 1 heterocycles. The fraction of sp³-hybridized carbons (Fsp3) is 0.364. The number of fused-ring (bicyclic) bond motifs is 1. The number of aliphatic carboxylic acids is 1. The summed E-state index contributed by atoms with van der Waals surface area (Å²) in [6.07, 6.45) is 1.73. The normalized spacial score (nSPS) is 11.4. The van der Waals surface area contributed by atoms with Gasteiger partial charge in [-0.15, -0.1) is 0 Å². The quantitative estimate of drug-likeness (QED) is 0.388. The summed E-state index contributed by atoms with van der Waals surface area (Å²) in [7, 11) is 0. The van der Waals surface area contributed by atoms with Gasteiger partial charge >= 0.3 is 5.97 Å². The van der Waals surface area contributed by atoms with Gasteiger partial charge in [-0.05, 0) is 54.7 Å². The Kier molecular flexibility index (Phi) is 7.01. The lowest BCUT2D eigenvalue weighted by molar-refractivity contribution is -0.134. The van der Waals surface area contributed by atoms with Gasteiger partial charge in [0.2, 0.25) is 0 Å². The third-order valence-electron chi connectivity index (χ3n) is 4.76. The Hall–Kier alpha value is -1.86. The van der Waals surface area contributed by atoms with Crippen LogP contribution in [-0.2, 0) is 24.2 Å². The maximum absolute atomic E-state index is 10.8. The van der Waals surface area contributed by atoms with Crippen molar-refractivity contribution < 1.29 is 9.90 Å². The minimum Gasteiger partial charge on any atom is -0.480 e. The molecule has 2 aromatic carbocycles. The number of aryl methyl sites for hydroxylation is 1. The highest BCUT2D eigenvalue weighted by Gasteiger charge is 2.14. The standard InChI is InChI=1S/C22H25Br2N3O2/c1-4-27-20-9-14(5-6-19(20)26-21(27)7-13(2)3)8-16-17(23)10-15(11-18(16)24)25-12-22(28)29/h5-6,9-11,13,25H,4,7-8,12H2,1-3H3,(H,28,29). The number of hydrogen-bond acceptors (Lipinski definition) is 3. The molecule has 0 aliphatic heterocycles. The van der Waals surface area contributed by atoms with Crippen LogP contribution in [-0.4, -0.2) is 27.2 Å². The first-order chi connectivity index (χ1) is 13.8. The van der Waals surface area contributed by atoms with Gasteiger partial charge in [-0.3, -0.25) is 4.79 Å². The van der Waals surface area contributed by atoms with Crippen molar-refractivity contribution in [3.05, 3.63) is 56.2 Å². The van der Waals surface area contributed by atoms with E-state index in [0.717, 1.165) is 50.9 Å². The molecular formula is C22H25Br2N3O2. The predicted molar refractivity (Wildman–Crippen MR) is 125 cm³/mol. The zero-order valence-corrected chi connectivity index (χ0v) is 20.0. The molecule has 1 aromatic heterocycles. The van der Waals surface area contributed by atoms with E-state index in [1.807, 2.05) is 12.1 Å². The van der Waals surface area contributed by atoms with Crippen molar-refractivity contribution in [2.45, 2.75) is 40.2 Å². The van der Waals surface area contributed by atoms with Crippen LogP contribution in [0.4, 0.5) is 5.69 Å². The summed E-state index contributed by atoms with van der Waals surface area (Å²) in [5.74, 6) is 0.821. The second kappa shape index (κ2) is 9.30. The average Bonchev–Trinajstić information content (AvgIpc) is 2.98. The van der Waals surface area contributed by atoms with E-state index < -0.39 is 5.97 Å². The summed E-state index contributed by atoms with van der Waals surface area (Å²) in [6.45, 7) is 7.38. The van der Waals surface area contributed by atoms with Gasteiger partial charge in [0, 0.05) is 27.6 Å². The lowest BCUT2D eigenvalue weighted by atomic mass is 10.0. The number of carboxylic acids is 1. The molecule has 0 fully saturated rings. The Morgan fingerprint density at radius 1 is 1.21 bits per heavy atom. The number of nitrogens with zero attached hydrogens (tertiary/aromatic N) is 2. The molecule has 0 saturated carbocycles. The molecule has 154 valence electrons. The summed E-state index contributed by atoms with van der Waals surface area (Å²) in [5.41, 5.74) is 5.30. The number of anilines is 1. The monoisotopic (exact) mass is 521 g/mol. The lowest BCUT2D eigenvalue weighted by Gasteiger charge is -2.12. The Morgan fingerprint density at radius 2 is 1.90 bits per heavy atom. The van der Waals surface area contributed by atoms with Crippen LogP contribution in [0.2, 0.25) is 0 Å². The van der Waals surface area contributed by atoms with Gasteiger partial charge in [-0.1, -0.05) is 51.8 Å². The van der Waals surface area contributed by atoms with E-state index in [1.54, 1.807) is 0 Å². The molecule has 0 radical (unpaired) electrons. The van der Waals surface area contributed by atoms with E-state index in [1.165, 1.54) is 11.1 Å². The van der Waals surface area contributed by atoms with Crippen LogP contribution in [0.5, 0.6) is 0 Å². The molecule has 2 N–H and O–H groups in total. The van der Waals surface area contributed by atoms with E-state index in [-0.39, 0.29) is 6.54 Å². The van der Waals surface area contributed by atoms with Crippen LogP contribution < -0.4 is 5.32 Å². The number of aromatic nitrogens is 2. The van der Waals surface area contributed by atoms with Crippen LogP contribution in [0.3, 0.4) is 0 Å². The third-order valence-corrected chi connectivity index (χ3v) is 6.18. The number of carbonyl (C=O) groups is 1. The Labute approximate surface area is 187 Å². The van der Waals surface area contributed by atoms with E-state index in [9.17, 15) is 4.79 Å². The summed E-state index contributed by atoms with van der Waals surface area (Å²) in [4.78, 5) is 15.6. The number of carboxylic acid groups (broad SMARTS) is 1. The molecular weight excluding hydrogens is 498 g/mol. The van der Waals surface area contributed by atoms with Crippen LogP contribution in [0.25, 0.3) is 11.0 Å². The molecule has 3 aromatic rings. The molecule has 0 amide bonds. The number of hydrogen-bond donors (Lipinski definition) is 2. The summed E-state index contributed by atoms with van der Waals surface area (Å²) < 4.78 is 4.18. The fourth-order valence-corrected chi connectivity index (χ4v) is 4.92. The molecule has 0 spiro atoms. The van der Waals surface area contributed by atoms with Crippen molar-refractivity contribution in [1.29, 1.82) is 0 Å². The van der Waals surface area contributed by atoms with E-state index in [0.29, 0.717) is 5.92 Å². The molecule has 0 atom stereocenters. The second-order valence-corrected chi connectivity index (χ2v) is 9.24. The molecule has 0 saturated heterocycles. The maximum Gasteiger partial charge on any atom is 0.322 e.